The van der Waals surface area contributed by atoms with E-state index in [1.165, 1.54) is 16.0 Å². The molecule has 1 aliphatic rings. The van der Waals surface area contributed by atoms with E-state index >= 15 is 0 Å². The molecule has 0 fully saturated rings. The Morgan fingerprint density at radius 1 is 0.958 bits per heavy atom. The highest BCUT2D eigenvalue weighted by atomic mass is 32.2. The number of thiophene rings is 1. The minimum absolute atomic E-state index is 0.231. The molecule has 2 heterocycles. The van der Waals surface area contributed by atoms with Gasteiger partial charge in [0, 0.05) is 10.1 Å². The predicted octanol–water partition coefficient (Wildman–Crippen LogP) is 5.32. The zero-order valence-corrected chi connectivity index (χ0v) is 14.6. The van der Waals surface area contributed by atoms with E-state index < -0.39 is 0 Å². The first-order chi connectivity index (χ1) is 11.8. The fourth-order valence-electron chi connectivity index (χ4n) is 3.22. The van der Waals surface area contributed by atoms with Crippen molar-refractivity contribution in [2.45, 2.75) is 16.9 Å². The largest absolute Gasteiger partial charge is 0.389 e. The van der Waals surface area contributed by atoms with Crippen molar-refractivity contribution < 1.29 is 0 Å². The first-order valence-electron chi connectivity index (χ1n) is 7.84. The molecule has 24 heavy (non-hydrogen) atoms. The van der Waals surface area contributed by atoms with Crippen LogP contribution in [0.1, 0.15) is 37.6 Å². The normalized spacial score (nSPS) is 19.5. The molecule has 4 rings (SSSR count). The number of thioether (sulfide) groups is 1. The van der Waals surface area contributed by atoms with Crippen LogP contribution in [0, 0.1) is 11.3 Å². The SMILES string of the molecule is N#Cc1c(N)sc2c1C[C@H](c1ccccc1)S[C@H]2c1ccccc1. The van der Waals surface area contributed by atoms with E-state index in [9.17, 15) is 5.26 Å². The smallest absolute Gasteiger partial charge is 0.104 e. The van der Waals surface area contributed by atoms with Crippen LogP contribution in [0.3, 0.4) is 0 Å². The summed E-state index contributed by atoms with van der Waals surface area (Å²) in [4.78, 5) is 1.24. The van der Waals surface area contributed by atoms with E-state index in [1.807, 2.05) is 23.9 Å². The number of hydrogen-bond donors (Lipinski definition) is 1. The summed E-state index contributed by atoms with van der Waals surface area (Å²) in [5.41, 5.74) is 10.5. The summed E-state index contributed by atoms with van der Waals surface area (Å²) in [6, 6.07) is 23.4. The minimum atomic E-state index is 0.231. The van der Waals surface area contributed by atoms with Gasteiger partial charge in [-0.15, -0.1) is 23.1 Å². The first-order valence-corrected chi connectivity index (χ1v) is 9.60. The average Bonchev–Trinajstić information content (AvgIpc) is 2.97. The van der Waals surface area contributed by atoms with E-state index in [2.05, 4.69) is 54.6 Å². The van der Waals surface area contributed by atoms with E-state index in [0.29, 0.717) is 15.8 Å². The number of hydrogen-bond acceptors (Lipinski definition) is 4. The van der Waals surface area contributed by atoms with Crippen molar-refractivity contribution in [3.05, 3.63) is 87.8 Å². The van der Waals surface area contributed by atoms with E-state index in [1.54, 1.807) is 11.3 Å². The van der Waals surface area contributed by atoms with Crippen molar-refractivity contribution in [3.8, 4) is 6.07 Å². The fraction of sp³-hybridized carbons (Fsp3) is 0.150. The van der Waals surface area contributed by atoms with Crippen LogP contribution in [0.5, 0.6) is 0 Å². The number of nitriles is 1. The molecule has 2 nitrogen and oxygen atoms in total. The molecule has 2 atom stereocenters. The molecule has 0 bridgehead atoms. The number of nitrogen functional groups attached to an aromatic ring is 1. The van der Waals surface area contributed by atoms with Gasteiger partial charge in [0.15, 0.2) is 0 Å². The number of anilines is 1. The minimum Gasteiger partial charge on any atom is -0.389 e. The average molecular weight is 348 g/mol. The van der Waals surface area contributed by atoms with Crippen molar-refractivity contribution in [2.75, 3.05) is 5.73 Å². The second kappa shape index (κ2) is 6.35. The topological polar surface area (TPSA) is 49.8 Å². The molecule has 0 amide bonds. The van der Waals surface area contributed by atoms with Crippen LogP contribution in [-0.4, -0.2) is 0 Å². The summed E-state index contributed by atoms with van der Waals surface area (Å²) in [6.07, 6.45) is 0.865. The Bertz CT molecular complexity index is 895. The third-order valence-electron chi connectivity index (χ3n) is 4.38. The van der Waals surface area contributed by atoms with E-state index in [-0.39, 0.29) is 5.25 Å². The molecule has 4 heteroatoms. The van der Waals surface area contributed by atoms with Gasteiger partial charge in [0.2, 0.25) is 0 Å². The molecule has 2 aromatic carbocycles. The van der Waals surface area contributed by atoms with Crippen molar-refractivity contribution in [3.63, 3.8) is 0 Å². The molecule has 0 spiro atoms. The lowest BCUT2D eigenvalue weighted by Crippen LogP contribution is -2.12. The summed E-state index contributed by atoms with van der Waals surface area (Å²) in [7, 11) is 0. The molecule has 0 aliphatic carbocycles. The van der Waals surface area contributed by atoms with Crippen LogP contribution in [0.4, 0.5) is 5.00 Å². The van der Waals surface area contributed by atoms with Crippen molar-refractivity contribution in [2.24, 2.45) is 0 Å². The van der Waals surface area contributed by atoms with Gasteiger partial charge < -0.3 is 5.73 Å². The molecule has 1 aromatic heterocycles. The van der Waals surface area contributed by atoms with Crippen LogP contribution >= 0.6 is 23.1 Å². The van der Waals surface area contributed by atoms with Crippen molar-refractivity contribution in [1.29, 1.82) is 5.26 Å². The van der Waals surface area contributed by atoms with Gasteiger partial charge in [0.25, 0.3) is 0 Å². The highest BCUT2D eigenvalue weighted by Gasteiger charge is 2.34. The van der Waals surface area contributed by atoms with Crippen LogP contribution in [0.15, 0.2) is 60.7 Å². The highest BCUT2D eigenvalue weighted by Crippen LogP contribution is 2.55. The van der Waals surface area contributed by atoms with Gasteiger partial charge >= 0.3 is 0 Å². The molecular weight excluding hydrogens is 332 g/mol. The third kappa shape index (κ3) is 2.60. The van der Waals surface area contributed by atoms with Crippen LogP contribution in [-0.2, 0) is 6.42 Å². The molecule has 3 aromatic rings. The quantitative estimate of drug-likeness (QED) is 0.681. The maximum absolute atomic E-state index is 9.55. The monoisotopic (exact) mass is 348 g/mol. The zero-order chi connectivity index (χ0) is 16.5. The molecule has 0 radical (unpaired) electrons. The molecule has 0 saturated heterocycles. The second-order valence-electron chi connectivity index (χ2n) is 5.83. The lowest BCUT2D eigenvalue weighted by Gasteiger charge is -2.29. The summed E-state index contributed by atoms with van der Waals surface area (Å²) in [5.74, 6) is 0. The molecule has 2 N–H and O–H groups in total. The Hall–Kier alpha value is -2.22. The lowest BCUT2D eigenvalue weighted by molar-refractivity contribution is 0.886. The van der Waals surface area contributed by atoms with Crippen LogP contribution < -0.4 is 5.73 Å². The standard InChI is InChI=1S/C20H16N2S2/c21-12-16-15-11-17(13-7-3-1-4-8-13)23-18(19(15)24-20(16)22)14-9-5-2-6-10-14/h1-10,17-18H,11,22H2/t17-,18+/m1/s1. The first kappa shape index (κ1) is 15.3. The summed E-state index contributed by atoms with van der Waals surface area (Å²) in [6.45, 7) is 0. The van der Waals surface area contributed by atoms with Crippen LogP contribution in [0.2, 0.25) is 0 Å². The van der Waals surface area contributed by atoms with Crippen molar-refractivity contribution in [1.82, 2.24) is 0 Å². The van der Waals surface area contributed by atoms with Crippen molar-refractivity contribution >= 4 is 28.1 Å². The Morgan fingerprint density at radius 2 is 1.58 bits per heavy atom. The highest BCUT2D eigenvalue weighted by molar-refractivity contribution is 8.00. The Kier molecular flexibility index (Phi) is 4.05. The van der Waals surface area contributed by atoms with Gasteiger partial charge in [-0.3, -0.25) is 0 Å². The summed E-state index contributed by atoms with van der Waals surface area (Å²) < 4.78 is 0. The number of nitrogens with zero attached hydrogens (tertiary/aromatic N) is 1. The zero-order valence-electron chi connectivity index (χ0n) is 13.0. The molecule has 1 aliphatic heterocycles. The maximum Gasteiger partial charge on any atom is 0.104 e. The number of nitrogens with two attached hydrogens (primary N) is 1. The molecular formula is C20H16N2S2. The Labute approximate surface area is 149 Å². The number of fused-ring (bicyclic) bond motifs is 1. The van der Waals surface area contributed by atoms with Gasteiger partial charge in [-0.1, -0.05) is 60.7 Å². The Balaban J connectivity index is 1.84. The fourth-order valence-corrected chi connectivity index (χ4v) is 6.08. The van der Waals surface area contributed by atoms with Crippen LogP contribution in [0.25, 0.3) is 0 Å². The summed E-state index contributed by atoms with van der Waals surface area (Å²) >= 11 is 3.53. The molecule has 0 saturated carbocycles. The predicted molar refractivity (Wildman–Crippen MR) is 102 cm³/mol. The number of benzene rings is 2. The number of rotatable bonds is 2. The lowest BCUT2D eigenvalue weighted by atomic mass is 9.97. The third-order valence-corrected chi connectivity index (χ3v) is 7.20. The van der Waals surface area contributed by atoms with Gasteiger partial charge in [-0.25, -0.2) is 0 Å². The second-order valence-corrected chi connectivity index (χ2v) is 8.22. The Morgan fingerprint density at radius 3 is 2.21 bits per heavy atom. The van der Waals surface area contributed by atoms with E-state index in [0.717, 1.165) is 12.0 Å². The molecule has 0 unspecified atom stereocenters. The molecule has 118 valence electrons. The van der Waals surface area contributed by atoms with E-state index in [4.69, 9.17) is 5.73 Å². The van der Waals surface area contributed by atoms with Gasteiger partial charge in [-0.2, -0.15) is 5.26 Å². The van der Waals surface area contributed by atoms with Gasteiger partial charge in [0.05, 0.1) is 10.8 Å². The summed E-state index contributed by atoms with van der Waals surface area (Å²) in [5, 5.41) is 10.8. The van der Waals surface area contributed by atoms with Gasteiger partial charge in [0.1, 0.15) is 11.1 Å². The van der Waals surface area contributed by atoms with Gasteiger partial charge in [-0.05, 0) is 23.1 Å². The maximum atomic E-state index is 9.55.